The predicted octanol–water partition coefficient (Wildman–Crippen LogP) is 3.42. The van der Waals surface area contributed by atoms with Crippen molar-refractivity contribution in [2.45, 2.75) is 12.8 Å². The minimum absolute atomic E-state index is 0.111. The zero-order valence-electron chi connectivity index (χ0n) is 19.5. The van der Waals surface area contributed by atoms with Gasteiger partial charge in [-0.2, -0.15) is 0 Å². The van der Waals surface area contributed by atoms with Crippen molar-refractivity contribution in [2.75, 3.05) is 38.6 Å². The van der Waals surface area contributed by atoms with E-state index in [4.69, 9.17) is 20.3 Å². The van der Waals surface area contributed by atoms with Crippen LogP contribution >= 0.6 is 11.3 Å². The summed E-state index contributed by atoms with van der Waals surface area (Å²) in [4.78, 5) is 27.1. The fraction of sp³-hybridized carbons (Fsp3) is 0.320. The van der Waals surface area contributed by atoms with Gasteiger partial charge in [0.15, 0.2) is 22.3 Å². The topological polar surface area (TPSA) is 136 Å². The van der Waals surface area contributed by atoms with Gasteiger partial charge in [0.25, 0.3) is 5.91 Å². The summed E-state index contributed by atoms with van der Waals surface area (Å²) < 4.78 is 24.0. The smallest absolute Gasteiger partial charge is 0.356 e. The lowest BCUT2D eigenvalue weighted by Crippen LogP contribution is -2.33. The van der Waals surface area contributed by atoms with Gasteiger partial charge in [-0.15, -0.1) is 0 Å². The average Bonchev–Trinajstić information content (AvgIpc) is 3.62. The molecule has 190 valence electrons. The monoisotopic (exact) mass is 514 g/mol. The fourth-order valence-corrected chi connectivity index (χ4v) is 4.37. The van der Waals surface area contributed by atoms with E-state index in [0.717, 1.165) is 30.3 Å². The van der Waals surface area contributed by atoms with Crippen LogP contribution in [0.2, 0.25) is 0 Å². The quantitative estimate of drug-likeness (QED) is 0.336. The van der Waals surface area contributed by atoms with E-state index in [1.807, 2.05) is 12.1 Å². The maximum atomic E-state index is 13.0. The number of hydrogen-bond acceptors (Lipinski definition) is 8. The minimum atomic E-state index is -1.17. The highest BCUT2D eigenvalue weighted by Crippen LogP contribution is 2.34. The third-order valence-corrected chi connectivity index (χ3v) is 6.39. The van der Waals surface area contributed by atoms with Crippen molar-refractivity contribution in [3.05, 3.63) is 59.5 Å². The highest BCUT2D eigenvalue weighted by molar-refractivity contribution is 7.19. The summed E-state index contributed by atoms with van der Waals surface area (Å²) >= 11 is 1.02. The number of nitrogen functional groups attached to an aromatic ring is 1. The Morgan fingerprint density at radius 2 is 1.92 bits per heavy atom. The van der Waals surface area contributed by atoms with E-state index < -0.39 is 11.8 Å². The number of carbonyl (C=O) groups excluding carboxylic acids is 1. The van der Waals surface area contributed by atoms with E-state index in [0.29, 0.717) is 47.3 Å². The van der Waals surface area contributed by atoms with Gasteiger partial charge in [0.1, 0.15) is 19.0 Å². The zero-order chi connectivity index (χ0) is 25.5. The van der Waals surface area contributed by atoms with Gasteiger partial charge in [-0.05, 0) is 55.1 Å². The number of thiazole rings is 1. The minimum Gasteiger partial charge on any atom is -0.486 e. The number of aromatic nitrogens is 1. The normalized spacial score (nSPS) is 13.9. The molecule has 5 rings (SSSR count). The van der Waals surface area contributed by atoms with Crippen LogP contribution < -0.4 is 25.8 Å². The van der Waals surface area contributed by atoms with Crippen molar-refractivity contribution >= 4 is 28.3 Å². The summed E-state index contributed by atoms with van der Waals surface area (Å²) in [6.07, 6.45) is 2.68. The predicted molar refractivity (Wildman–Crippen MR) is 134 cm³/mol. The van der Waals surface area contributed by atoms with Crippen LogP contribution in [0.25, 0.3) is 10.4 Å². The van der Waals surface area contributed by atoms with Crippen LogP contribution in [-0.4, -0.2) is 54.8 Å². The lowest BCUT2D eigenvalue weighted by Gasteiger charge is -2.20. The summed E-state index contributed by atoms with van der Waals surface area (Å²) in [7, 11) is 0. The molecular formula is C25H27FN4O5S. The molecule has 0 bridgehead atoms. The average molecular weight is 515 g/mol. The van der Waals surface area contributed by atoms with Crippen molar-refractivity contribution in [2.24, 2.45) is 5.92 Å². The number of fused-ring (bicyclic) bond motifs is 1. The van der Waals surface area contributed by atoms with Gasteiger partial charge in [0, 0.05) is 13.1 Å². The Bertz CT molecular complexity index is 1230. The number of carboxylic acids is 1. The Hall–Kier alpha value is -3.70. The summed E-state index contributed by atoms with van der Waals surface area (Å²) in [6.45, 7) is 3.50. The number of para-hydroxylation sites is 1. The van der Waals surface area contributed by atoms with Crippen molar-refractivity contribution in [1.29, 1.82) is 0 Å². The third kappa shape index (κ3) is 6.70. The Balaban J connectivity index is 0.000000174. The number of rotatable bonds is 8. The number of nitrogens with two attached hydrogens (primary N) is 1. The number of aromatic carboxylic acids is 1. The summed E-state index contributed by atoms with van der Waals surface area (Å²) in [5.41, 5.74) is 6.31. The van der Waals surface area contributed by atoms with Gasteiger partial charge >= 0.3 is 5.97 Å². The molecule has 0 unspecified atom stereocenters. The molecule has 1 fully saturated rings. The molecule has 36 heavy (non-hydrogen) atoms. The lowest BCUT2D eigenvalue weighted by molar-refractivity contribution is 0.0692. The highest BCUT2D eigenvalue weighted by atomic mass is 32.1. The molecular weight excluding hydrogens is 487 g/mol. The Morgan fingerprint density at radius 3 is 2.67 bits per heavy atom. The molecule has 0 spiro atoms. The summed E-state index contributed by atoms with van der Waals surface area (Å²) in [5, 5.41) is 15.3. The molecule has 9 nitrogen and oxygen atoms in total. The van der Waals surface area contributed by atoms with Crippen LogP contribution in [0, 0.1) is 11.7 Å². The van der Waals surface area contributed by atoms with E-state index in [2.05, 4.69) is 15.6 Å². The van der Waals surface area contributed by atoms with E-state index in [-0.39, 0.29) is 16.7 Å². The molecule has 1 saturated carbocycles. The second-order valence-corrected chi connectivity index (χ2v) is 9.31. The second-order valence-electron chi connectivity index (χ2n) is 8.28. The first-order valence-corrected chi connectivity index (χ1v) is 12.4. The molecule has 2 heterocycles. The Kier molecular flexibility index (Phi) is 8.34. The molecule has 1 aliphatic heterocycles. The van der Waals surface area contributed by atoms with E-state index >= 15 is 0 Å². The second kappa shape index (κ2) is 11.8. The van der Waals surface area contributed by atoms with Gasteiger partial charge in [0.05, 0.1) is 10.4 Å². The maximum Gasteiger partial charge on any atom is 0.356 e. The van der Waals surface area contributed by atoms with Crippen LogP contribution in [0.15, 0.2) is 42.5 Å². The number of hydrogen-bond donors (Lipinski definition) is 4. The van der Waals surface area contributed by atoms with Gasteiger partial charge in [-0.1, -0.05) is 29.5 Å². The van der Waals surface area contributed by atoms with Crippen LogP contribution in [0.3, 0.4) is 0 Å². The first-order chi connectivity index (χ1) is 17.4. The molecule has 1 amide bonds. The molecule has 2 aromatic carbocycles. The maximum absolute atomic E-state index is 13.0. The molecule has 1 aromatic heterocycles. The van der Waals surface area contributed by atoms with Gasteiger partial charge in [-0.25, -0.2) is 14.2 Å². The molecule has 1 aliphatic carbocycles. The molecule has 2 aliphatic rings. The SMILES string of the molecule is Nc1nc(C(=O)O)c(-c2cccc(F)c2)s1.O=C(NCCNCC1CC1)c1cccc2c1OCCO2. The van der Waals surface area contributed by atoms with Crippen LogP contribution in [0.5, 0.6) is 11.5 Å². The number of ether oxygens (including phenoxy) is 2. The third-order valence-electron chi connectivity index (χ3n) is 5.46. The number of carboxylic acid groups (broad SMARTS) is 1. The first kappa shape index (κ1) is 25.4. The Labute approximate surface area is 211 Å². The van der Waals surface area contributed by atoms with Gasteiger partial charge < -0.3 is 30.9 Å². The molecule has 11 heteroatoms. The standard InChI is InChI=1S/C15H20N2O3.C10H7FN2O2S/c18-15(17-7-6-16-10-11-4-5-11)12-2-1-3-13-14(12)20-9-8-19-13;11-6-3-1-2-5(4-6)8-7(9(14)15)13-10(12)16-8/h1-3,11,16H,4-10H2,(H,17,18);1-4H,(H2,12,13)(H,14,15). The van der Waals surface area contributed by atoms with Crippen LogP contribution in [-0.2, 0) is 0 Å². The fourth-order valence-electron chi connectivity index (χ4n) is 3.55. The highest BCUT2D eigenvalue weighted by Gasteiger charge is 2.21. The van der Waals surface area contributed by atoms with E-state index in [1.165, 1.54) is 31.0 Å². The largest absolute Gasteiger partial charge is 0.486 e. The van der Waals surface area contributed by atoms with Crippen molar-refractivity contribution in [3.63, 3.8) is 0 Å². The van der Waals surface area contributed by atoms with Gasteiger partial charge in [0.2, 0.25) is 0 Å². The zero-order valence-corrected chi connectivity index (χ0v) is 20.3. The van der Waals surface area contributed by atoms with Crippen molar-refractivity contribution < 1.29 is 28.6 Å². The number of nitrogens with one attached hydrogen (secondary N) is 2. The van der Waals surface area contributed by atoms with Crippen molar-refractivity contribution in [1.82, 2.24) is 15.6 Å². The lowest BCUT2D eigenvalue weighted by atomic mass is 10.1. The molecule has 0 saturated heterocycles. The molecule has 3 aromatic rings. The molecule has 0 atom stereocenters. The Morgan fingerprint density at radius 1 is 1.14 bits per heavy atom. The summed E-state index contributed by atoms with van der Waals surface area (Å²) in [5.74, 6) is 0.351. The number of anilines is 1. The van der Waals surface area contributed by atoms with Gasteiger partial charge in [-0.3, -0.25) is 4.79 Å². The summed E-state index contributed by atoms with van der Waals surface area (Å²) in [6, 6.07) is 11.1. The number of amides is 1. The number of nitrogens with zero attached hydrogens (tertiary/aromatic N) is 1. The van der Waals surface area contributed by atoms with Crippen LogP contribution in [0.1, 0.15) is 33.7 Å². The molecule has 0 radical (unpaired) electrons. The van der Waals surface area contributed by atoms with Crippen LogP contribution in [0.4, 0.5) is 9.52 Å². The number of halogens is 1. The van der Waals surface area contributed by atoms with E-state index in [9.17, 15) is 14.0 Å². The van der Waals surface area contributed by atoms with Crippen molar-refractivity contribution in [3.8, 4) is 21.9 Å². The number of benzene rings is 2. The first-order valence-electron chi connectivity index (χ1n) is 11.6. The number of carbonyl (C=O) groups is 2. The molecule has 5 N–H and O–H groups in total. The van der Waals surface area contributed by atoms with E-state index in [1.54, 1.807) is 12.1 Å².